The van der Waals surface area contributed by atoms with Gasteiger partial charge in [0.2, 0.25) is 0 Å². The van der Waals surface area contributed by atoms with Crippen LogP contribution in [0, 0.1) is 6.92 Å². The number of ether oxygens (including phenoxy) is 1. The van der Waals surface area contributed by atoms with Crippen LogP contribution in [0.15, 0.2) is 53.9 Å². The molecule has 4 aromatic rings. The molecule has 152 valence electrons. The summed E-state index contributed by atoms with van der Waals surface area (Å²) in [5.74, 6) is -0.0853. The van der Waals surface area contributed by atoms with Crippen LogP contribution in [0.1, 0.15) is 15.2 Å². The number of anilines is 2. The van der Waals surface area contributed by atoms with Crippen LogP contribution < -0.4 is 10.2 Å². The van der Waals surface area contributed by atoms with Gasteiger partial charge in [-0.15, -0.1) is 11.3 Å². The maximum absolute atomic E-state index is 13.0. The van der Waals surface area contributed by atoms with Crippen LogP contribution in [0.2, 0.25) is 0 Å². The molecule has 1 amide bonds. The molecule has 0 aliphatic carbocycles. The van der Waals surface area contributed by atoms with Crippen molar-refractivity contribution in [1.82, 2.24) is 4.98 Å². The lowest BCUT2D eigenvalue weighted by atomic mass is 10.0. The molecule has 0 radical (unpaired) electrons. The number of thiazole rings is 1. The van der Waals surface area contributed by atoms with Crippen molar-refractivity contribution in [3.63, 3.8) is 0 Å². The van der Waals surface area contributed by atoms with E-state index in [1.165, 1.54) is 16.9 Å². The van der Waals surface area contributed by atoms with Gasteiger partial charge in [-0.3, -0.25) is 4.79 Å². The maximum Gasteiger partial charge on any atom is 0.266 e. The van der Waals surface area contributed by atoms with E-state index in [4.69, 9.17) is 9.72 Å². The minimum Gasteiger partial charge on any atom is -0.378 e. The van der Waals surface area contributed by atoms with E-state index in [0.717, 1.165) is 63.3 Å². The normalized spacial score (nSPS) is 14.2. The minimum atomic E-state index is -0.0853. The van der Waals surface area contributed by atoms with Gasteiger partial charge in [0.1, 0.15) is 0 Å². The summed E-state index contributed by atoms with van der Waals surface area (Å²) in [5.41, 5.74) is 4.96. The van der Waals surface area contributed by atoms with E-state index in [2.05, 4.69) is 41.4 Å². The van der Waals surface area contributed by atoms with Crippen molar-refractivity contribution in [2.75, 3.05) is 36.5 Å². The van der Waals surface area contributed by atoms with Gasteiger partial charge in [0.25, 0.3) is 5.91 Å². The number of amides is 1. The fourth-order valence-electron chi connectivity index (χ4n) is 3.51. The third kappa shape index (κ3) is 3.84. The molecule has 1 aliphatic rings. The second-order valence-corrected chi connectivity index (χ2v) is 9.19. The Balaban J connectivity index is 1.37. The van der Waals surface area contributed by atoms with Gasteiger partial charge in [-0.05, 0) is 42.1 Å². The van der Waals surface area contributed by atoms with E-state index in [1.807, 2.05) is 29.6 Å². The lowest BCUT2D eigenvalue weighted by Crippen LogP contribution is -2.36. The van der Waals surface area contributed by atoms with Crippen LogP contribution in [-0.4, -0.2) is 37.2 Å². The Morgan fingerprint density at radius 2 is 1.90 bits per heavy atom. The summed E-state index contributed by atoms with van der Waals surface area (Å²) >= 11 is 3.12. The first-order chi connectivity index (χ1) is 14.7. The predicted molar refractivity (Wildman–Crippen MR) is 125 cm³/mol. The van der Waals surface area contributed by atoms with Crippen molar-refractivity contribution in [1.29, 1.82) is 0 Å². The average molecular weight is 436 g/mol. The molecule has 5 rings (SSSR count). The van der Waals surface area contributed by atoms with Gasteiger partial charge >= 0.3 is 0 Å². The maximum atomic E-state index is 13.0. The van der Waals surface area contributed by atoms with Crippen LogP contribution in [0.4, 0.5) is 10.8 Å². The smallest absolute Gasteiger partial charge is 0.266 e. The van der Waals surface area contributed by atoms with Gasteiger partial charge in [-0.1, -0.05) is 41.2 Å². The Hall–Kier alpha value is -2.74. The number of morpholine rings is 1. The quantitative estimate of drug-likeness (QED) is 0.465. The lowest BCUT2D eigenvalue weighted by molar-refractivity contribution is 0.103. The number of carbonyl (C=O) groups excluding carboxylic acids is 1. The van der Waals surface area contributed by atoms with Crippen molar-refractivity contribution in [3.05, 3.63) is 64.4 Å². The number of nitrogens with zero attached hydrogens (tertiary/aromatic N) is 2. The fraction of sp³-hybridized carbons (Fsp3) is 0.217. The van der Waals surface area contributed by atoms with Gasteiger partial charge in [0, 0.05) is 24.3 Å². The SMILES string of the molecule is Cc1ccc(-c2ccsc2C(=O)Nc2ccc3nc(N4CCOCC4)sc3c2)cc1. The number of fused-ring (bicyclic) bond motifs is 1. The molecule has 0 unspecified atom stereocenters. The van der Waals surface area contributed by atoms with Crippen molar-refractivity contribution in [3.8, 4) is 11.1 Å². The van der Waals surface area contributed by atoms with Gasteiger partial charge < -0.3 is 15.0 Å². The summed E-state index contributed by atoms with van der Waals surface area (Å²) in [4.78, 5) is 20.7. The van der Waals surface area contributed by atoms with Crippen LogP contribution in [0.25, 0.3) is 21.3 Å². The molecule has 7 heteroatoms. The second kappa shape index (κ2) is 8.18. The Morgan fingerprint density at radius 3 is 2.70 bits per heavy atom. The van der Waals surface area contributed by atoms with Crippen LogP contribution in [-0.2, 0) is 4.74 Å². The van der Waals surface area contributed by atoms with E-state index in [1.54, 1.807) is 11.3 Å². The van der Waals surface area contributed by atoms with Gasteiger partial charge in [-0.25, -0.2) is 4.98 Å². The highest BCUT2D eigenvalue weighted by Gasteiger charge is 2.17. The van der Waals surface area contributed by atoms with E-state index >= 15 is 0 Å². The molecular formula is C23H21N3O2S2. The van der Waals surface area contributed by atoms with Crippen molar-refractivity contribution in [2.45, 2.75) is 6.92 Å². The molecule has 2 aromatic carbocycles. The van der Waals surface area contributed by atoms with Crippen LogP contribution in [0.3, 0.4) is 0 Å². The molecule has 0 atom stereocenters. The molecule has 1 fully saturated rings. The summed E-state index contributed by atoms with van der Waals surface area (Å²) in [6, 6.07) is 16.2. The molecule has 1 saturated heterocycles. The van der Waals surface area contributed by atoms with Gasteiger partial charge in [-0.2, -0.15) is 0 Å². The second-order valence-electron chi connectivity index (χ2n) is 7.26. The summed E-state index contributed by atoms with van der Waals surface area (Å²) in [6.07, 6.45) is 0. The summed E-state index contributed by atoms with van der Waals surface area (Å²) in [6.45, 7) is 5.26. The van der Waals surface area contributed by atoms with Crippen LogP contribution >= 0.6 is 22.7 Å². The number of rotatable bonds is 4. The molecule has 0 bridgehead atoms. The number of carbonyl (C=O) groups is 1. The highest BCUT2D eigenvalue weighted by molar-refractivity contribution is 7.22. The molecule has 30 heavy (non-hydrogen) atoms. The Bertz CT molecular complexity index is 1190. The first-order valence-electron chi connectivity index (χ1n) is 9.86. The first kappa shape index (κ1) is 19.2. The predicted octanol–water partition coefficient (Wildman–Crippen LogP) is 5.42. The fourth-order valence-corrected chi connectivity index (χ4v) is 5.38. The molecular weight excluding hydrogens is 414 g/mol. The summed E-state index contributed by atoms with van der Waals surface area (Å²) < 4.78 is 6.50. The van der Waals surface area contributed by atoms with Gasteiger partial charge in [0.05, 0.1) is 28.3 Å². The van der Waals surface area contributed by atoms with E-state index in [9.17, 15) is 4.79 Å². The standard InChI is InChI=1S/C23H21N3O2S2/c1-15-2-4-16(5-3-15)18-8-13-29-21(18)22(27)24-17-6-7-19-20(14-17)30-23(25-19)26-9-11-28-12-10-26/h2-8,13-14H,9-12H2,1H3,(H,24,27). The molecule has 5 nitrogen and oxygen atoms in total. The molecule has 1 N–H and O–H groups in total. The molecule has 3 heterocycles. The zero-order valence-electron chi connectivity index (χ0n) is 16.6. The summed E-state index contributed by atoms with van der Waals surface area (Å²) in [7, 11) is 0. The largest absolute Gasteiger partial charge is 0.378 e. The minimum absolute atomic E-state index is 0.0853. The number of aryl methyl sites for hydroxylation is 1. The number of benzene rings is 2. The third-order valence-corrected chi connectivity index (χ3v) is 7.14. The van der Waals surface area contributed by atoms with Crippen LogP contribution in [0.5, 0.6) is 0 Å². The van der Waals surface area contributed by atoms with E-state index < -0.39 is 0 Å². The van der Waals surface area contributed by atoms with E-state index in [0.29, 0.717) is 0 Å². The van der Waals surface area contributed by atoms with Crippen molar-refractivity contribution < 1.29 is 9.53 Å². The number of hydrogen-bond donors (Lipinski definition) is 1. The zero-order valence-corrected chi connectivity index (χ0v) is 18.2. The lowest BCUT2D eigenvalue weighted by Gasteiger charge is -2.25. The van der Waals surface area contributed by atoms with Gasteiger partial charge in [0.15, 0.2) is 5.13 Å². The molecule has 0 spiro atoms. The third-order valence-electron chi connectivity index (χ3n) is 5.15. The Morgan fingerprint density at radius 1 is 1.10 bits per heavy atom. The highest BCUT2D eigenvalue weighted by atomic mass is 32.1. The number of aromatic nitrogens is 1. The Kier molecular flexibility index (Phi) is 5.25. The number of nitrogens with one attached hydrogen (secondary N) is 1. The van der Waals surface area contributed by atoms with E-state index in [-0.39, 0.29) is 5.91 Å². The average Bonchev–Trinajstić information content (AvgIpc) is 3.42. The topological polar surface area (TPSA) is 54.5 Å². The first-order valence-corrected chi connectivity index (χ1v) is 11.6. The van der Waals surface area contributed by atoms with Crippen molar-refractivity contribution >= 4 is 49.6 Å². The van der Waals surface area contributed by atoms with Crippen molar-refractivity contribution in [2.24, 2.45) is 0 Å². The Labute approximate surface area is 182 Å². The summed E-state index contributed by atoms with van der Waals surface area (Å²) in [5, 5.41) is 6.04. The highest BCUT2D eigenvalue weighted by Crippen LogP contribution is 2.33. The monoisotopic (exact) mass is 435 g/mol. The molecule has 2 aromatic heterocycles. The molecule has 0 saturated carbocycles. The molecule has 1 aliphatic heterocycles. The number of hydrogen-bond acceptors (Lipinski definition) is 6. The number of thiophene rings is 1. The zero-order chi connectivity index (χ0) is 20.5.